The fourth-order valence-electron chi connectivity index (χ4n) is 2.14. The van der Waals surface area contributed by atoms with Crippen LogP contribution in [0.1, 0.15) is 11.1 Å². The molecule has 1 aromatic carbocycles. The Morgan fingerprint density at radius 1 is 1.25 bits per heavy atom. The molecule has 0 spiro atoms. The van der Waals surface area contributed by atoms with Gasteiger partial charge in [-0.3, -0.25) is 0 Å². The topological polar surface area (TPSA) is 118 Å². The zero-order valence-corrected chi connectivity index (χ0v) is 12.4. The number of hydrogen-bond donors (Lipinski definition) is 3. The maximum Gasteiger partial charge on any atom is 0.240 e. The Hall–Kier alpha value is -1.00. The number of nitrogens with one attached hydrogen (secondary N) is 2. The number of primary sulfonamides is 1. The fraction of sp³-hybridized carbons (Fsp3) is 0.455. The minimum Gasteiger partial charge on any atom is -0.312 e. The highest BCUT2D eigenvalue weighted by molar-refractivity contribution is 7.90. The molecule has 0 aromatic heterocycles. The molecule has 0 saturated carbocycles. The molecule has 9 heteroatoms. The summed E-state index contributed by atoms with van der Waals surface area (Å²) < 4.78 is 48.4. The molecule has 0 bridgehead atoms. The molecule has 112 valence electrons. The van der Waals surface area contributed by atoms with Gasteiger partial charge in [-0.05, 0) is 30.2 Å². The van der Waals surface area contributed by atoms with E-state index in [1.165, 1.54) is 6.07 Å². The standard InChI is InChI=1S/C11H17N3O4S2/c12-19(15,16)7-6-14-20(17,18)11-3-1-2-9-8-13-5-4-10(9)11/h1-3,13-14H,4-8H2,(H2,12,15,16). The molecule has 0 aliphatic carbocycles. The molecule has 0 saturated heterocycles. The normalized spacial score (nSPS) is 15.8. The van der Waals surface area contributed by atoms with E-state index >= 15 is 0 Å². The van der Waals surface area contributed by atoms with Gasteiger partial charge in [0.05, 0.1) is 10.6 Å². The van der Waals surface area contributed by atoms with Gasteiger partial charge in [0.15, 0.2) is 0 Å². The van der Waals surface area contributed by atoms with Gasteiger partial charge < -0.3 is 5.32 Å². The average molecular weight is 319 g/mol. The molecule has 4 N–H and O–H groups in total. The summed E-state index contributed by atoms with van der Waals surface area (Å²) in [4.78, 5) is 0.214. The Kier molecular flexibility index (Phi) is 4.45. The quantitative estimate of drug-likeness (QED) is 0.636. The second-order valence-electron chi connectivity index (χ2n) is 4.59. The van der Waals surface area contributed by atoms with Crippen LogP contribution in [0.4, 0.5) is 0 Å². The molecule has 2 rings (SSSR count). The third-order valence-electron chi connectivity index (χ3n) is 3.07. The van der Waals surface area contributed by atoms with Gasteiger partial charge >= 0.3 is 0 Å². The van der Waals surface area contributed by atoms with Gasteiger partial charge in [0.25, 0.3) is 0 Å². The zero-order valence-electron chi connectivity index (χ0n) is 10.8. The summed E-state index contributed by atoms with van der Waals surface area (Å²) in [7, 11) is -7.40. The highest BCUT2D eigenvalue weighted by Crippen LogP contribution is 2.22. The van der Waals surface area contributed by atoms with E-state index in [1.54, 1.807) is 6.07 Å². The number of rotatable bonds is 5. The van der Waals surface area contributed by atoms with E-state index in [4.69, 9.17) is 5.14 Å². The minimum absolute atomic E-state index is 0.214. The highest BCUT2D eigenvalue weighted by atomic mass is 32.2. The van der Waals surface area contributed by atoms with E-state index in [0.29, 0.717) is 13.0 Å². The molecular formula is C11H17N3O4S2. The molecule has 1 heterocycles. The molecule has 0 amide bonds. The van der Waals surface area contributed by atoms with Crippen molar-refractivity contribution in [1.82, 2.24) is 10.0 Å². The average Bonchev–Trinajstić information content (AvgIpc) is 2.36. The van der Waals surface area contributed by atoms with Crippen molar-refractivity contribution in [2.75, 3.05) is 18.8 Å². The van der Waals surface area contributed by atoms with Gasteiger partial charge in [0.1, 0.15) is 0 Å². The van der Waals surface area contributed by atoms with E-state index in [9.17, 15) is 16.8 Å². The molecule has 7 nitrogen and oxygen atoms in total. The van der Waals surface area contributed by atoms with Crippen molar-refractivity contribution in [1.29, 1.82) is 0 Å². The largest absolute Gasteiger partial charge is 0.312 e. The van der Waals surface area contributed by atoms with Crippen molar-refractivity contribution in [3.8, 4) is 0 Å². The van der Waals surface area contributed by atoms with Crippen molar-refractivity contribution >= 4 is 20.0 Å². The van der Waals surface area contributed by atoms with Crippen LogP contribution in [0.15, 0.2) is 23.1 Å². The van der Waals surface area contributed by atoms with Crippen molar-refractivity contribution in [2.24, 2.45) is 5.14 Å². The van der Waals surface area contributed by atoms with Crippen LogP contribution in [-0.2, 0) is 33.0 Å². The van der Waals surface area contributed by atoms with Gasteiger partial charge in [-0.1, -0.05) is 12.1 Å². The van der Waals surface area contributed by atoms with Crippen LogP contribution in [0, 0.1) is 0 Å². The van der Waals surface area contributed by atoms with Gasteiger partial charge in [-0.15, -0.1) is 0 Å². The lowest BCUT2D eigenvalue weighted by Gasteiger charge is -2.20. The lowest BCUT2D eigenvalue weighted by molar-refractivity contribution is 0.576. The molecule has 0 unspecified atom stereocenters. The van der Waals surface area contributed by atoms with Crippen LogP contribution < -0.4 is 15.2 Å². The summed E-state index contributed by atoms with van der Waals surface area (Å²) in [6.45, 7) is 1.12. The van der Waals surface area contributed by atoms with Crippen LogP contribution in [0.5, 0.6) is 0 Å². The fourth-order valence-corrected chi connectivity index (χ4v) is 4.00. The Bertz CT molecular complexity index is 698. The lowest BCUT2D eigenvalue weighted by atomic mass is 10.0. The molecule has 20 heavy (non-hydrogen) atoms. The highest BCUT2D eigenvalue weighted by Gasteiger charge is 2.22. The molecule has 0 atom stereocenters. The third-order valence-corrected chi connectivity index (χ3v) is 5.38. The molecule has 1 aliphatic rings. The van der Waals surface area contributed by atoms with Crippen LogP contribution in [0.3, 0.4) is 0 Å². The van der Waals surface area contributed by atoms with Gasteiger partial charge in [0.2, 0.25) is 20.0 Å². The van der Waals surface area contributed by atoms with Crippen LogP contribution in [-0.4, -0.2) is 35.7 Å². The maximum atomic E-state index is 12.2. The first-order valence-corrected chi connectivity index (χ1v) is 9.31. The number of benzene rings is 1. The van der Waals surface area contributed by atoms with Crippen LogP contribution >= 0.6 is 0 Å². The van der Waals surface area contributed by atoms with Crippen LogP contribution in [0.2, 0.25) is 0 Å². The Morgan fingerprint density at radius 3 is 2.70 bits per heavy atom. The Morgan fingerprint density at radius 2 is 2.00 bits per heavy atom. The summed E-state index contributed by atoms with van der Waals surface area (Å²) in [5.41, 5.74) is 1.74. The Balaban J connectivity index is 2.22. The number of sulfonamides is 2. The van der Waals surface area contributed by atoms with Crippen molar-refractivity contribution in [2.45, 2.75) is 17.9 Å². The minimum atomic E-state index is -3.72. The third kappa shape index (κ3) is 3.76. The smallest absolute Gasteiger partial charge is 0.240 e. The summed E-state index contributed by atoms with van der Waals surface area (Å²) >= 11 is 0. The molecule has 0 radical (unpaired) electrons. The second-order valence-corrected chi connectivity index (χ2v) is 8.05. The first-order chi connectivity index (χ1) is 9.30. The molecule has 0 fully saturated rings. The van der Waals surface area contributed by atoms with Gasteiger partial charge in [-0.25, -0.2) is 26.7 Å². The number of hydrogen-bond acceptors (Lipinski definition) is 5. The zero-order chi connectivity index (χ0) is 14.8. The SMILES string of the molecule is NS(=O)(=O)CCNS(=O)(=O)c1cccc2c1CCNC2. The van der Waals surface area contributed by atoms with Crippen molar-refractivity contribution in [3.05, 3.63) is 29.3 Å². The number of fused-ring (bicyclic) bond motifs is 1. The second kappa shape index (κ2) is 5.78. The van der Waals surface area contributed by atoms with Gasteiger partial charge in [-0.2, -0.15) is 0 Å². The van der Waals surface area contributed by atoms with E-state index in [-0.39, 0.29) is 11.4 Å². The molecule has 1 aromatic rings. The first kappa shape index (κ1) is 15.4. The summed E-state index contributed by atoms with van der Waals surface area (Å²) in [5, 5.41) is 8.02. The van der Waals surface area contributed by atoms with E-state index < -0.39 is 25.8 Å². The molecular weight excluding hydrogens is 302 g/mol. The monoisotopic (exact) mass is 319 g/mol. The first-order valence-electron chi connectivity index (χ1n) is 6.11. The predicted octanol–water partition coefficient (Wildman–Crippen LogP) is -1.10. The molecule has 1 aliphatic heterocycles. The van der Waals surface area contributed by atoms with E-state index in [0.717, 1.165) is 17.7 Å². The number of nitrogens with two attached hydrogens (primary N) is 1. The maximum absolute atomic E-state index is 12.2. The van der Waals surface area contributed by atoms with E-state index in [2.05, 4.69) is 10.0 Å². The summed E-state index contributed by atoms with van der Waals surface area (Å²) in [6, 6.07) is 5.09. The Labute approximate surface area is 118 Å². The summed E-state index contributed by atoms with van der Waals surface area (Å²) in [6.07, 6.45) is 0.627. The van der Waals surface area contributed by atoms with Gasteiger partial charge in [0, 0.05) is 13.1 Å². The van der Waals surface area contributed by atoms with Crippen LogP contribution in [0.25, 0.3) is 0 Å². The summed E-state index contributed by atoms with van der Waals surface area (Å²) in [5.74, 6) is -0.428. The predicted molar refractivity (Wildman–Crippen MR) is 75.0 cm³/mol. The van der Waals surface area contributed by atoms with Crippen molar-refractivity contribution < 1.29 is 16.8 Å². The van der Waals surface area contributed by atoms with Crippen molar-refractivity contribution in [3.63, 3.8) is 0 Å². The van der Waals surface area contributed by atoms with E-state index in [1.807, 2.05) is 6.07 Å². The lowest BCUT2D eigenvalue weighted by Crippen LogP contribution is -2.33.